The topological polar surface area (TPSA) is 0 Å². The fourth-order valence-electron chi connectivity index (χ4n) is 10.8. The van der Waals surface area contributed by atoms with Crippen LogP contribution >= 0.6 is 0 Å². The molecule has 0 bridgehead atoms. The molecular formula is C66H42. The summed E-state index contributed by atoms with van der Waals surface area (Å²) in [6.07, 6.45) is 0. The van der Waals surface area contributed by atoms with Gasteiger partial charge in [-0.25, -0.2) is 0 Å². The lowest BCUT2D eigenvalue weighted by atomic mass is 9.83. The van der Waals surface area contributed by atoms with Gasteiger partial charge in [0.1, 0.15) is 0 Å². The number of fused-ring (bicyclic) bond motifs is 7. The summed E-state index contributed by atoms with van der Waals surface area (Å²) in [7, 11) is 0. The molecule has 0 amide bonds. The molecule has 0 unspecified atom stereocenters. The molecule has 0 nitrogen and oxygen atoms in total. The van der Waals surface area contributed by atoms with Gasteiger partial charge in [0.2, 0.25) is 0 Å². The monoisotopic (exact) mass is 834 g/mol. The predicted octanol–water partition coefficient (Wildman–Crippen LogP) is 18.6. The van der Waals surface area contributed by atoms with Crippen LogP contribution in [0.4, 0.5) is 0 Å². The van der Waals surface area contributed by atoms with E-state index in [0.29, 0.717) is 0 Å². The fourth-order valence-corrected chi connectivity index (χ4v) is 10.8. The Morgan fingerprint density at radius 3 is 0.758 bits per heavy atom. The van der Waals surface area contributed by atoms with Crippen LogP contribution in [-0.4, -0.2) is 0 Å². The van der Waals surface area contributed by atoms with Crippen LogP contribution in [0.1, 0.15) is 0 Å². The van der Waals surface area contributed by atoms with Crippen molar-refractivity contribution in [1.29, 1.82) is 0 Å². The molecule has 0 radical (unpaired) electrons. The van der Waals surface area contributed by atoms with Gasteiger partial charge in [-0.05, 0) is 156 Å². The van der Waals surface area contributed by atoms with Gasteiger partial charge < -0.3 is 0 Å². The molecular weight excluding hydrogens is 793 g/mol. The standard InChI is InChI=1S/C66H42/c1-5-17-43(18-6-1)49-35-37-57-61(39-49)63(47-21-9-3-10-22-47)53-25-13-15-27-55(53)65(57)51-33-31-45-29-30-46-32-34-52(42-60(46)59(45)41-51)66-56-28-16-14-26-54(56)64(48-23-11-4-12-24-48)62-40-50(36-38-58(62)66)44-19-7-2-8-20-44/h1-42H. The molecule has 0 fully saturated rings. The van der Waals surface area contributed by atoms with E-state index in [9.17, 15) is 0 Å². The fraction of sp³-hybridized carbons (Fsp3) is 0. The molecule has 0 spiro atoms. The van der Waals surface area contributed by atoms with Gasteiger partial charge in [0.05, 0.1) is 0 Å². The summed E-state index contributed by atoms with van der Waals surface area (Å²) in [5.74, 6) is 0. The Hall–Kier alpha value is -8.58. The summed E-state index contributed by atoms with van der Waals surface area (Å²) in [4.78, 5) is 0. The SMILES string of the molecule is c1ccc(-c2ccc3c(-c4ccc5ccc6ccc(-c7c8ccccc8c(-c8ccccc8)c8cc(-c9ccccc9)ccc78)cc6c5c4)c4ccccc4c(-c4ccccc4)c3c2)cc1. The maximum absolute atomic E-state index is 2.46. The van der Waals surface area contributed by atoms with Crippen molar-refractivity contribution in [2.75, 3.05) is 0 Å². The molecule has 0 saturated carbocycles. The third-order valence-electron chi connectivity index (χ3n) is 13.8. The summed E-state index contributed by atoms with van der Waals surface area (Å²) in [5, 5.41) is 15.0. The van der Waals surface area contributed by atoms with Crippen LogP contribution in [0.15, 0.2) is 255 Å². The van der Waals surface area contributed by atoms with Crippen molar-refractivity contribution in [3.63, 3.8) is 0 Å². The van der Waals surface area contributed by atoms with Crippen LogP contribution in [0.2, 0.25) is 0 Å². The number of benzene rings is 13. The van der Waals surface area contributed by atoms with E-state index in [4.69, 9.17) is 0 Å². The Bertz CT molecular complexity index is 3730. The van der Waals surface area contributed by atoms with Crippen LogP contribution < -0.4 is 0 Å². The van der Waals surface area contributed by atoms with Gasteiger partial charge in [-0.1, -0.05) is 231 Å². The van der Waals surface area contributed by atoms with Crippen LogP contribution in [0.3, 0.4) is 0 Å². The van der Waals surface area contributed by atoms with Gasteiger partial charge in [-0.3, -0.25) is 0 Å². The van der Waals surface area contributed by atoms with E-state index in [1.807, 2.05) is 0 Å². The zero-order chi connectivity index (χ0) is 43.6. The smallest absolute Gasteiger partial charge is 0.00261 e. The van der Waals surface area contributed by atoms with Crippen molar-refractivity contribution in [2.45, 2.75) is 0 Å². The van der Waals surface area contributed by atoms with Crippen LogP contribution in [-0.2, 0) is 0 Å². The van der Waals surface area contributed by atoms with Crippen LogP contribution in [0, 0.1) is 0 Å². The van der Waals surface area contributed by atoms with Gasteiger partial charge >= 0.3 is 0 Å². The van der Waals surface area contributed by atoms with E-state index in [1.165, 1.54) is 131 Å². The predicted molar refractivity (Wildman–Crippen MR) is 284 cm³/mol. The van der Waals surface area contributed by atoms with Crippen LogP contribution in [0.5, 0.6) is 0 Å². The Balaban J connectivity index is 1.07. The van der Waals surface area contributed by atoms with Gasteiger partial charge in [0.25, 0.3) is 0 Å². The number of hydrogen-bond donors (Lipinski definition) is 0. The van der Waals surface area contributed by atoms with E-state index >= 15 is 0 Å². The minimum atomic E-state index is 1.21. The first-order valence-corrected chi connectivity index (χ1v) is 22.9. The molecule has 0 heteroatoms. The summed E-state index contributed by atoms with van der Waals surface area (Å²) in [6.45, 7) is 0. The molecule has 0 aliphatic carbocycles. The second-order valence-electron chi connectivity index (χ2n) is 17.5. The van der Waals surface area contributed by atoms with E-state index in [0.717, 1.165) is 0 Å². The van der Waals surface area contributed by atoms with Gasteiger partial charge in [-0.15, -0.1) is 0 Å². The second kappa shape index (κ2) is 15.6. The minimum absolute atomic E-state index is 1.21. The lowest BCUT2D eigenvalue weighted by Crippen LogP contribution is -1.92. The molecule has 13 aromatic carbocycles. The lowest BCUT2D eigenvalue weighted by Gasteiger charge is -2.20. The average molecular weight is 835 g/mol. The Morgan fingerprint density at radius 1 is 0.136 bits per heavy atom. The summed E-state index contributed by atoms with van der Waals surface area (Å²) in [5.41, 5.74) is 14.8. The lowest BCUT2D eigenvalue weighted by molar-refractivity contribution is 1.63. The molecule has 0 aliphatic heterocycles. The average Bonchev–Trinajstić information content (AvgIpc) is 3.39. The van der Waals surface area contributed by atoms with E-state index in [2.05, 4.69) is 255 Å². The molecule has 66 heavy (non-hydrogen) atoms. The van der Waals surface area contributed by atoms with Gasteiger partial charge in [0, 0.05) is 0 Å². The zero-order valence-electron chi connectivity index (χ0n) is 36.2. The third-order valence-corrected chi connectivity index (χ3v) is 13.8. The van der Waals surface area contributed by atoms with Crippen molar-refractivity contribution in [3.05, 3.63) is 255 Å². The number of hydrogen-bond acceptors (Lipinski definition) is 0. The summed E-state index contributed by atoms with van der Waals surface area (Å²) < 4.78 is 0. The van der Waals surface area contributed by atoms with E-state index in [-0.39, 0.29) is 0 Å². The molecule has 13 rings (SSSR count). The Labute approximate surface area is 384 Å². The molecule has 13 aromatic rings. The summed E-state index contributed by atoms with van der Waals surface area (Å²) >= 11 is 0. The van der Waals surface area contributed by atoms with Crippen molar-refractivity contribution >= 4 is 64.6 Å². The maximum atomic E-state index is 2.46. The van der Waals surface area contributed by atoms with Gasteiger partial charge in [-0.2, -0.15) is 0 Å². The van der Waals surface area contributed by atoms with Crippen LogP contribution in [0.25, 0.3) is 131 Å². The number of rotatable bonds is 6. The largest absolute Gasteiger partial charge is 0.0622 e. The molecule has 0 N–H and O–H groups in total. The molecule has 0 saturated heterocycles. The molecule has 0 atom stereocenters. The van der Waals surface area contributed by atoms with Crippen molar-refractivity contribution in [1.82, 2.24) is 0 Å². The molecule has 0 aliphatic rings. The zero-order valence-corrected chi connectivity index (χ0v) is 36.2. The highest BCUT2D eigenvalue weighted by molar-refractivity contribution is 6.25. The molecule has 0 heterocycles. The van der Waals surface area contributed by atoms with Gasteiger partial charge in [0.15, 0.2) is 0 Å². The maximum Gasteiger partial charge on any atom is -0.00261 e. The van der Waals surface area contributed by atoms with E-state index < -0.39 is 0 Å². The quantitative estimate of drug-likeness (QED) is 0.116. The first-order chi connectivity index (χ1) is 32.7. The van der Waals surface area contributed by atoms with Crippen molar-refractivity contribution < 1.29 is 0 Å². The second-order valence-corrected chi connectivity index (χ2v) is 17.5. The first-order valence-electron chi connectivity index (χ1n) is 22.9. The minimum Gasteiger partial charge on any atom is -0.0622 e. The first kappa shape index (κ1) is 37.9. The van der Waals surface area contributed by atoms with Crippen molar-refractivity contribution in [2.24, 2.45) is 0 Å². The normalized spacial score (nSPS) is 11.6. The highest BCUT2D eigenvalue weighted by atomic mass is 14.2. The highest BCUT2D eigenvalue weighted by Gasteiger charge is 2.20. The summed E-state index contributed by atoms with van der Waals surface area (Å²) in [6, 6.07) is 94.2. The molecule has 306 valence electrons. The van der Waals surface area contributed by atoms with Crippen molar-refractivity contribution in [3.8, 4) is 66.8 Å². The molecule has 0 aromatic heterocycles. The Morgan fingerprint density at radius 2 is 0.394 bits per heavy atom. The van der Waals surface area contributed by atoms with E-state index in [1.54, 1.807) is 0 Å². The highest BCUT2D eigenvalue weighted by Crippen LogP contribution is 2.48. The third kappa shape index (κ3) is 6.22. The Kier molecular flexibility index (Phi) is 8.96.